The van der Waals surface area contributed by atoms with E-state index in [1.54, 1.807) is 19.1 Å². The molecule has 1 aromatic rings. The van der Waals surface area contributed by atoms with Crippen molar-refractivity contribution in [1.29, 1.82) is 0 Å². The smallest absolute Gasteiger partial charge is 0.422 e. The summed E-state index contributed by atoms with van der Waals surface area (Å²) in [5.41, 5.74) is 0.929. The van der Waals surface area contributed by atoms with Gasteiger partial charge >= 0.3 is 6.18 Å². The number of hydrogen-bond acceptors (Lipinski definition) is 5. The van der Waals surface area contributed by atoms with Crippen molar-refractivity contribution in [2.45, 2.75) is 45.6 Å². The van der Waals surface area contributed by atoms with Crippen LogP contribution in [0.2, 0.25) is 0 Å². The summed E-state index contributed by atoms with van der Waals surface area (Å²) >= 11 is 0. The number of alkyl halides is 3. The Hall–Kier alpha value is -1.51. The fraction of sp³-hybridized carbons (Fsp3) is 0.684. The lowest BCUT2D eigenvalue weighted by atomic mass is 10.1. The highest BCUT2D eigenvalue weighted by atomic mass is 19.4. The summed E-state index contributed by atoms with van der Waals surface area (Å²) in [4.78, 5) is 2.39. The van der Waals surface area contributed by atoms with Gasteiger partial charge < -0.3 is 19.5 Å². The quantitative estimate of drug-likeness (QED) is 0.701. The molecule has 0 aromatic heterocycles. The predicted molar refractivity (Wildman–Crippen MR) is 97.3 cm³/mol. The lowest BCUT2D eigenvalue weighted by Crippen LogP contribution is -2.50. The molecule has 1 N–H and O–H groups in total. The third-order valence-corrected chi connectivity index (χ3v) is 4.67. The summed E-state index contributed by atoms with van der Waals surface area (Å²) in [7, 11) is 0. The zero-order valence-electron chi connectivity index (χ0n) is 16.1. The summed E-state index contributed by atoms with van der Waals surface area (Å²) in [6, 6.07) is 5.63. The summed E-state index contributed by atoms with van der Waals surface area (Å²) in [6.07, 6.45) is -4.38. The first-order valence-corrected chi connectivity index (χ1v) is 9.30. The van der Waals surface area contributed by atoms with Gasteiger partial charge in [-0.05, 0) is 38.5 Å². The van der Waals surface area contributed by atoms with Crippen LogP contribution in [0.25, 0.3) is 0 Å². The van der Waals surface area contributed by atoms with Crippen LogP contribution in [-0.2, 0) is 11.3 Å². The van der Waals surface area contributed by atoms with E-state index in [-0.39, 0.29) is 11.8 Å². The second kappa shape index (κ2) is 10.1. The molecule has 2 atom stereocenters. The molecule has 154 valence electrons. The summed E-state index contributed by atoms with van der Waals surface area (Å²) in [5.74, 6) is 0.433. The number of hydrogen-bond donors (Lipinski definition) is 1. The van der Waals surface area contributed by atoms with E-state index in [1.807, 2.05) is 0 Å². The van der Waals surface area contributed by atoms with Gasteiger partial charge in [0.15, 0.2) is 18.1 Å². The average molecular weight is 390 g/mol. The number of rotatable bonds is 9. The Balaban J connectivity index is 1.94. The maximum absolute atomic E-state index is 12.4. The topological polar surface area (TPSA) is 43.0 Å². The van der Waals surface area contributed by atoms with Crippen molar-refractivity contribution in [2.75, 3.05) is 39.5 Å². The summed E-state index contributed by atoms with van der Waals surface area (Å²) in [5, 5.41) is 3.48. The standard InChI is InChI=1S/C19H29F3N2O3/c1-4-26-18-11-16(5-6-17(18)27-13-19(20,21)22)12-23-14(2)15(3)24-7-9-25-10-8-24/h5-6,11,14-15,23H,4,7-10,12-13H2,1-3H3. The van der Waals surface area contributed by atoms with Gasteiger partial charge in [0.1, 0.15) is 0 Å². The third kappa shape index (κ3) is 7.20. The van der Waals surface area contributed by atoms with E-state index in [1.165, 1.54) is 6.07 Å². The first-order chi connectivity index (χ1) is 12.8. The fourth-order valence-electron chi connectivity index (χ4n) is 2.96. The molecule has 0 spiro atoms. The highest BCUT2D eigenvalue weighted by Gasteiger charge is 2.29. The van der Waals surface area contributed by atoms with E-state index >= 15 is 0 Å². The Morgan fingerprint density at radius 1 is 1.15 bits per heavy atom. The second-order valence-electron chi connectivity index (χ2n) is 6.68. The molecular weight excluding hydrogens is 361 g/mol. The monoisotopic (exact) mass is 390 g/mol. The van der Waals surface area contributed by atoms with Gasteiger partial charge in [-0.1, -0.05) is 6.07 Å². The Morgan fingerprint density at radius 2 is 1.85 bits per heavy atom. The predicted octanol–water partition coefficient (Wildman–Crippen LogP) is 3.23. The molecule has 1 heterocycles. The molecule has 1 aliphatic rings. The molecule has 0 saturated carbocycles. The van der Waals surface area contributed by atoms with Crippen LogP contribution in [0.3, 0.4) is 0 Å². The van der Waals surface area contributed by atoms with Crippen molar-refractivity contribution < 1.29 is 27.4 Å². The first kappa shape index (κ1) is 21.8. The molecular formula is C19H29F3N2O3. The van der Waals surface area contributed by atoms with Gasteiger partial charge in [-0.3, -0.25) is 4.90 Å². The lowest BCUT2D eigenvalue weighted by Gasteiger charge is -2.36. The van der Waals surface area contributed by atoms with Gasteiger partial charge in [-0.15, -0.1) is 0 Å². The molecule has 1 aromatic carbocycles. The van der Waals surface area contributed by atoms with Gasteiger partial charge in [0.2, 0.25) is 0 Å². The molecule has 0 bridgehead atoms. The molecule has 27 heavy (non-hydrogen) atoms. The zero-order chi connectivity index (χ0) is 19.9. The van der Waals surface area contributed by atoms with Gasteiger partial charge in [0, 0.05) is 31.7 Å². The van der Waals surface area contributed by atoms with Gasteiger partial charge in [-0.2, -0.15) is 13.2 Å². The number of nitrogens with zero attached hydrogens (tertiary/aromatic N) is 1. The van der Waals surface area contributed by atoms with Crippen molar-refractivity contribution in [3.8, 4) is 11.5 Å². The maximum Gasteiger partial charge on any atom is 0.422 e. The average Bonchev–Trinajstić information content (AvgIpc) is 2.65. The number of nitrogens with one attached hydrogen (secondary N) is 1. The molecule has 1 fully saturated rings. The Bertz CT molecular complexity index is 578. The van der Waals surface area contributed by atoms with Crippen LogP contribution in [-0.4, -0.2) is 62.7 Å². The van der Waals surface area contributed by atoms with Crippen LogP contribution < -0.4 is 14.8 Å². The number of halogens is 3. The van der Waals surface area contributed by atoms with E-state index in [9.17, 15) is 13.2 Å². The molecule has 8 heteroatoms. The van der Waals surface area contributed by atoms with Crippen LogP contribution in [0.1, 0.15) is 26.3 Å². The zero-order valence-corrected chi connectivity index (χ0v) is 16.1. The Labute approximate surface area is 158 Å². The van der Waals surface area contributed by atoms with Gasteiger partial charge in [-0.25, -0.2) is 0 Å². The van der Waals surface area contributed by atoms with Crippen molar-refractivity contribution >= 4 is 0 Å². The van der Waals surface area contributed by atoms with E-state index < -0.39 is 12.8 Å². The number of morpholine rings is 1. The SMILES string of the molecule is CCOc1cc(CNC(C)C(C)N2CCOCC2)ccc1OCC(F)(F)F. The van der Waals surface area contributed by atoms with Crippen LogP contribution in [0.15, 0.2) is 18.2 Å². The number of ether oxygens (including phenoxy) is 3. The fourth-order valence-corrected chi connectivity index (χ4v) is 2.96. The lowest BCUT2D eigenvalue weighted by molar-refractivity contribution is -0.153. The minimum Gasteiger partial charge on any atom is -0.490 e. The van der Waals surface area contributed by atoms with E-state index in [0.717, 1.165) is 31.9 Å². The molecule has 1 saturated heterocycles. The molecule has 0 amide bonds. The molecule has 1 aliphatic heterocycles. The Kier molecular flexibility index (Phi) is 8.19. The molecule has 2 unspecified atom stereocenters. The van der Waals surface area contributed by atoms with Gasteiger partial charge in [0.05, 0.1) is 19.8 Å². The van der Waals surface area contributed by atoms with Crippen LogP contribution in [0.4, 0.5) is 13.2 Å². The molecule has 0 radical (unpaired) electrons. The van der Waals surface area contributed by atoms with Crippen LogP contribution in [0, 0.1) is 0 Å². The van der Waals surface area contributed by atoms with Gasteiger partial charge in [0.25, 0.3) is 0 Å². The van der Waals surface area contributed by atoms with E-state index in [0.29, 0.717) is 24.9 Å². The minimum atomic E-state index is -4.38. The van der Waals surface area contributed by atoms with Crippen molar-refractivity contribution in [1.82, 2.24) is 10.2 Å². The van der Waals surface area contributed by atoms with Crippen molar-refractivity contribution in [2.24, 2.45) is 0 Å². The molecule has 5 nitrogen and oxygen atoms in total. The highest BCUT2D eigenvalue weighted by molar-refractivity contribution is 5.43. The van der Waals surface area contributed by atoms with E-state index in [4.69, 9.17) is 14.2 Å². The molecule has 2 rings (SSSR count). The minimum absolute atomic E-state index is 0.104. The summed E-state index contributed by atoms with van der Waals surface area (Å²) in [6.45, 7) is 9.07. The maximum atomic E-state index is 12.4. The van der Waals surface area contributed by atoms with Crippen LogP contribution >= 0.6 is 0 Å². The third-order valence-electron chi connectivity index (χ3n) is 4.67. The van der Waals surface area contributed by atoms with E-state index in [2.05, 4.69) is 24.1 Å². The number of benzene rings is 1. The largest absolute Gasteiger partial charge is 0.490 e. The van der Waals surface area contributed by atoms with Crippen molar-refractivity contribution in [3.05, 3.63) is 23.8 Å². The Morgan fingerprint density at radius 3 is 2.48 bits per heavy atom. The highest BCUT2D eigenvalue weighted by Crippen LogP contribution is 2.30. The van der Waals surface area contributed by atoms with Crippen molar-refractivity contribution in [3.63, 3.8) is 0 Å². The van der Waals surface area contributed by atoms with Crippen LogP contribution in [0.5, 0.6) is 11.5 Å². The normalized spacial score (nSPS) is 18.1. The second-order valence-corrected chi connectivity index (χ2v) is 6.68. The summed E-state index contributed by atoms with van der Waals surface area (Å²) < 4.78 is 52.9. The first-order valence-electron chi connectivity index (χ1n) is 9.30. The molecule has 0 aliphatic carbocycles.